The van der Waals surface area contributed by atoms with Crippen LogP contribution in [0.4, 0.5) is 5.69 Å². The van der Waals surface area contributed by atoms with Gasteiger partial charge in [-0.2, -0.15) is 0 Å². The van der Waals surface area contributed by atoms with Crippen LogP contribution < -0.4 is 9.47 Å². The molecule has 0 radical (unpaired) electrons. The van der Waals surface area contributed by atoms with E-state index in [4.69, 9.17) is 9.47 Å². The average Bonchev–Trinajstić information content (AvgIpc) is 3.25. The van der Waals surface area contributed by atoms with Gasteiger partial charge < -0.3 is 14.6 Å². The van der Waals surface area contributed by atoms with Crippen molar-refractivity contribution in [1.29, 1.82) is 0 Å². The molecule has 5 rings (SSSR count). The van der Waals surface area contributed by atoms with E-state index in [2.05, 4.69) is 35.3 Å². The Morgan fingerprint density at radius 2 is 1.75 bits per heavy atom. The van der Waals surface area contributed by atoms with Crippen LogP contribution in [-0.2, 0) is 11.4 Å². The van der Waals surface area contributed by atoms with Crippen molar-refractivity contribution >= 4 is 51.3 Å². The number of amides is 1. The lowest BCUT2D eigenvalue weighted by molar-refractivity contribution is -0.122. The highest BCUT2D eigenvalue weighted by Gasteiger charge is 2.32. The number of amidine groups is 1. The highest BCUT2D eigenvalue weighted by atomic mass is 32.2. The van der Waals surface area contributed by atoms with E-state index in [1.54, 1.807) is 17.0 Å². The smallest absolute Gasteiger partial charge is 0.335 e. The highest BCUT2D eigenvalue weighted by molar-refractivity contribution is 8.18. The van der Waals surface area contributed by atoms with Crippen LogP contribution in [0, 0.1) is 0 Å². The van der Waals surface area contributed by atoms with Gasteiger partial charge in [0.2, 0.25) is 0 Å². The first-order chi connectivity index (χ1) is 19.4. The van der Waals surface area contributed by atoms with Gasteiger partial charge in [0.25, 0.3) is 5.91 Å². The molecule has 0 saturated carbocycles. The van der Waals surface area contributed by atoms with Gasteiger partial charge in [-0.3, -0.25) is 9.69 Å². The number of ether oxygens (including phenoxy) is 2. The number of thioether (sulfide) groups is 1. The van der Waals surface area contributed by atoms with Crippen molar-refractivity contribution in [2.75, 3.05) is 13.2 Å². The highest BCUT2D eigenvalue weighted by Crippen LogP contribution is 2.36. The van der Waals surface area contributed by atoms with Crippen molar-refractivity contribution in [3.63, 3.8) is 0 Å². The molecule has 202 valence electrons. The van der Waals surface area contributed by atoms with Crippen LogP contribution in [0.1, 0.15) is 35.3 Å². The lowest BCUT2D eigenvalue weighted by atomic mass is 10.1. The number of carboxylic acid groups (broad SMARTS) is 1. The quantitative estimate of drug-likeness (QED) is 0.222. The van der Waals surface area contributed by atoms with E-state index in [1.807, 2.05) is 50.3 Å². The molecule has 1 aliphatic heterocycles. The predicted octanol–water partition coefficient (Wildman–Crippen LogP) is 7.14. The van der Waals surface area contributed by atoms with Gasteiger partial charge in [0.15, 0.2) is 16.7 Å². The Morgan fingerprint density at radius 1 is 0.925 bits per heavy atom. The Bertz CT molecular complexity index is 1650. The number of nitrogens with zero attached hydrogens (tertiary/aromatic N) is 2. The van der Waals surface area contributed by atoms with Gasteiger partial charge in [-0.15, -0.1) is 0 Å². The van der Waals surface area contributed by atoms with Crippen molar-refractivity contribution in [1.82, 2.24) is 4.90 Å². The molecule has 0 aliphatic carbocycles. The second kappa shape index (κ2) is 12.1. The number of aromatic carboxylic acids is 1. The molecule has 0 spiro atoms. The van der Waals surface area contributed by atoms with Gasteiger partial charge in [0.1, 0.15) is 6.61 Å². The van der Waals surface area contributed by atoms with E-state index in [1.165, 1.54) is 29.3 Å². The molecule has 1 fully saturated rings. The third kappa shape index (κ3) is 6.02. The number of benzene rings is 4. The molecule has 40 heavy (non-hydrogen) atoms. The molecule has 1 N–H and O–H groups in total. The van der Waals surface area contributed by atoms with Crippen LogP contribution in [0.5, 0.6) is 11.5 Å². The largest absolute Gasteiger partial charge is 0.490 e. The second-order valence-electron chi connectivity index (χ2n) is 9.02. The molecule has 0 atom stereocenters. The number of hydrogen-bond donors (Lipinski definition) is 1. The maximum Gasteiger partial charge on any atom is 0.335 e. The molecule has 4 aromatic carbocycles. The zero-order valence-electron chi connectivity index (χ0n) is 22.2. The van der Waals surface area contributed by atoms with Gasteiger partial charge >= 0.3 is 5.97 Å². The van der Waals surface area contributed by atoms with E-state index in [0.29, 0.717) is 47.0 Å². The average molecular weight is 553 g/mol. The Balaban J connectivity index is 1.36. The topological polar surface area (TPSA) is 88.4 Å². The summed E-state index contributed by atoms with van der Waals surface area (Å²) in [5.74, 6) is 0.0354. The van der Waals surface area contributed by atoms with E-state index in [0.717, 1.165) is 16.5 Å². The first-order valence-electron chi connectivity index (χ1n) is 13.0. The number of carbonyl (C=O) groups excluding carboxylic acids is 1. The Morgan fingerprint density at radius 3 is 2.52 bits per heavy atom. The summed E-state index contributed by atoms with van der Waals surface area (Å²) in [6.45, 7) is 5.09. The number of fused-ring (bicyclic) bond motifs is 1. The molecule has 1 amide bonds. The maximum atomic E-state index is 13.2. The lowest BCUT2D eigenvalue weighted by Gasteiger charge is -2.13. The SMILES string of the molecule is CCOc1cc(/C=C2\SC(=Nc3cccc(C(=O)O)c3)N(CC)C2=O)ccc1OCc1ccc2ccccc2c1. The number of rotatable bonds is 9. The fraction of sp³-hybridized carbons (Fsp3) is 0.156. The normalized spacial score (nSPS) is 15.2. The fourth-order valence-corrected chi connectivity index (χ4v) is 5.39. The molecule has 7 nitrogen and oxygen atoms in total. The van der Waals surface area contributed by atoms with Crippen molar-refractivity contribution < 1.29 is 24.2 Å². The maximum absolute atomic E-state index is 13.2. The van der Waals surface area contributed by atoms with Crippen LogP contribution in [0.2, 0.25) is 0 Å². The minimum absolute atomic E-state index is 0.140. The van der Waals surface area contributed by atoms with E-state index >= 15 is 0 Å². The zero-order valence-corrected chi connectivity index (χ0v) is 23.0. The van der Waals surface area contributed by atoms with Gasteiger partial charge in [-0.05, 0) is 90.0 Å². The summed E-state index contributed by atoms with van der Waals surface area (Å²) in [7, 11) is 0. The van der Waals surface area contributed by atoms with Crippen LogP contribution in [0.25, 0.3) is 16.8 Å². The van der Waals surface area contributed by atoms with Crippen LogP contribution in [0.3, 0.4) is 0 Å². The summed E-state index contributed by atoms with van der Waals surface area (Å²) in [6, 6.07) is 26.4. The minimum atomic E-state index is -1.03. The number of likely N-dealkylation sites (N-methyl/N-ethyl adjacent to an activating group) is 1. The molecule has 1 heterocycles. The third-order valence-corrected chi connectivity index (χ3v) is 7.30. The Labute approximate surface area is 236 Å². The molecule has 0 unspecified atom stereocenters. The van der Waals surface area contributed by atoms with Crippen LogP contribution in [0.15, 0.2) is 94.8 Å². The van der Waals surface area contributed by atoms with Crippen molar-refractivity contribution in [2.24, 2.45) is 4.99 Å². The Hall–Kier alpha value is -4.56. The molecular formula is C32H28N2O5S. The molecule has 0 aromatic heterocycles. The fourth-order valence-electron chi connectivity index (χ4n) is 4.33. The number of aliphatic imine (C=N–C) groups is 1. The molecular weight excluding hydrogens is 524 g/mol. The monoisotopic (exact) mass is 552 g/mol. The first-order valence-corrected chi connectivity index (χ1v) is 13.8. The standard InChI is InChI=1S/C32H28N2O5S/c1-3-34-30(35)29(40-32(34)33-26-11-7-10-25(19-26)31(36)37)18-21-13-15-27(28(17-21)38-4-2)39-20-22-12-14-23-8-5-6-9-24(23)16-22/h5-19H,3-4,20H2,1-2H3,(H,36,37)/b29-18-,33-32?. The van der Waals surface area contributed by atoms with E-state index < -0.39 is 5.97 Å². The van der Waals surface area contributed by atoms with E-state index in [-0.39, 0.29) is 11.5 Å². The predicted molar refractivity (Wildman–Crippen MR) is 159 cm³/mol. The summed E-state index contributed by atoms with van der Waals surface area (Å²) in [5, 5.41) is 12.1. The summed E-state index contributed by atoms with van der Waals surface area (Å²) in [4.78, 5) is 31.1. The lowest BCUT2D eigenvalue weighted by Crippen LogP contribution is -2.28. The summed E-state index contributed by atoms with van der Waals surface area (Å²) in [6.07, 6.45) is 1.81. The Kier molecular flexibility index (Phi) is 8.17. The first kappa shape index (κ1) is 27.0. The number of carboxylic acids is 1. The van der Waals surface area contributed by atoms with Gasteiger partial charge in [-0.1, -0.05) is 48.5 Å². The van der Waals surface area contributed by atoms with Crippen LogP contribution >= 0.6 is 11.8 Å². The van der Waals surface area contributed by atoms with Gasteiger partial charge in [0, 0.05) is 6.54 Å². The third-order valence-electron chi connectivity index (χ3n) is 6.30. The molecule has 1 aliphatic rings. The number of carbonyl (C=O) groups is 2. The van der Waals surface area contributed by atoms with Crippen LogP contribution in [-0.4, -0.2) is 40.2 Å². The van der Waals surface area contributed by atoms with E-state index in [9.17, 15) is 14.7 Å². The molecule has 1 saturated heterocycles. The number of hydrogen-bond acceptors (Lipinski definition) is 6. The molecule has 8 heteroatoms. The van der Waals surface area contributed by atoms with Gasteiger partial charge in [0.05, 0.1) is 22.8 Å². The summed E-state index contributed by atoms with van der Waals surface area (Å²) >= 11 is 1.26. The zero-order chi connectivity index (χ0) is 28.1. The molecule has 0 bridgehead atoms. The second-order valence-corrected chi connectivity index (χ2v) is 10.0. The van der Waals surface area contributed by atoms with Crippen molar-refractivity contribution in [2.45, 2.75) is 20.5 Å². The summed E-state index contributed by atoms with van der Waals surface area (Å²) < 4.78 is 12.0. The molecule has 4 aromatic rings. The summed E-state index contributed by atoms with van der Waals surface area (Å²) in [5.41, 5.74) is 2.46. The van der Waals surface area contributed by atoms with Crippen molar-refractivity contribution in [3.8, 4) is 11.5 Å². The van der Waals surface area contributed by atoms with Gasteiger partial charge in [-0.25, -0.2) is 9.79 Å². The minimum Gasteiger partial charge on any atom is -0.490 e. The van der Waals surface area contributed by atoms with Crippen molar-refractivity contribution in [3.05, 3.63) is 107 Å².